The molecule has 6 atom stereocenters. The number of thiophene rings is 2. The van der Waals surface area contributed by atoms with Crippen molar-refractivity contribution in [3.8, 4) is 0 Å². The third-order valence-electron chi connectivity index (χ3n) is 7.60. The first-order valence-electron chi connectivity index (χ1n) is 10.4. The van der Waals surface area contributed by atoms with Gasteiger partial charge in [-0.05, 0) is 46.4 Å². The van der Waals surface area contributed by atoms with E-state index in [1.165, 1.54) is 30.3 Å². The van der Waals surface area contributed by atoms with Crippen LogP contribution in [0.3, 0.4) is 0 Å². The van der Waals surface area contributed by atoms with E-state index in [4.69, 9.17) is 4.74 Å². The van der Waals surface area contributed by atoms with Crippen LogP contribution in [0.2, 0.25) is 0 Å². The van der Waals surface area contributed by atoms with Gasteiger partial charge in [0.05, 0.1) is 15.7 Å². The van der Waals surface area contributed by atoms with Crippen LogP contribution in [0.4, 0.5) is 0 Å². The Labute approximate surface area is 176 Å². The Morgan fingerprint density at radius 1 is 0.759 bits per heavy atom. The molecule has 3 heteroatoms. The maximum Gasteiger partial charge on any atom is 0.112 e. The van der Waals surface area contributed by atoms with E-state index in [1.807, 2.05) is 17.6 Å². The summed E-state index contributed by atoms with van der Waals surface area (Å²) in [7, 11) is 0. The van der Waals surface area contributed by atoms with Crippen LogP contribution in [-0.4, -0.2) is 6.10 Å². The van der Waals surface area contributed by atoms with Crippen molar-refractivity contribution in [3.63, 3.8) is 0 Å². The minimum absolute atomic E-state index is 0.312. The average molecular weight is 411 g/mol. The molecule has 0 amide bonds. The first-order chi connectivity index (χ1) is 14.4. The molecule has 5 unspecified atom stereocenters. The van der Waals surface area contributed by atoms with Crippen LogP contribution in [0.25, 0.3) is 30.3 Å². The van der Waals surface area contributed by atoms with Crippen LogP contribution in [0.5, 0.6) is 0 Å². The van der Waals surface area contributed by atoms with Gasteiger partial charge in [-0.3, -0.25) is 0 Å². The quantitative estimate of drug-likeness (QED) is 0.294. The second-order valence-electron chi connectivity index (χ2n) is 8.82. The van der Waals surface area contributed by atoms with Crippen molar-refractivity contribution >= 4 is 52.9 Å². The van der Waals surface area contributed by atoms with Crippen molar-refractivity contribution in [3.05, 3.63) is 83.5 Å². The van der Waals surface area contributed by atoms with E-state index in [0.29, 0.717) is 35.7 Å². The summed E-state index contributed by atoms with van der Waals surface area (Å²) < 4.78 is 10.7. The van der Waals surface area contributed by atoms with Gasteiger partial charge in [0.2, 0.25) is 0 Å². The summed E-state index contributed by atoms with van der Waals surface area (Å²) in [6.07, 6.45) is 14.1. The Morgan fingerprint density at radius 2 is 1.55 bits per heavy atom. The number of fused-ring (bicyclic) bond motifs is 4. The molecule has 0 N–H and O–H groups in total. The molecule has 5 aliphatic rings. The normalized spacial score (nSPS) is 33.4. The van der Waals surface area contributed by atoms with Crippen LogP contribution < -0.4 is 0 Å². The number of benzene rings is 2. The van der Waals surface area contributed by atoms with E-state index < -0.39 is 0 Å². The fraction of sp³-hybridized carbons (Fsp3) is 0.231. The van der Waals surface area contributed by atoms with E-state index >= 15 is 0 Å². The first-order valence-corrected chi connectivity index (χ1v) is 12.1. The lowest BCUT2D eigenvalue weighted by molar-refractivity contribution is 0.0185. The molecule has 4 aliphatic carbocycles. The Balaban J connectivity index is 1.46. The van der Waals surface area contributed by atoms with E-state index in [-0.39, 0.29) is 0 Å². The molecule has 0 radical (unpaired) electrons. The zero-order valence-corrected chi connectivity index (χ0v) is 17.3. The molecule has 3 heterocycles. The molecule has 2 bridgehead atoms. The second-order valence-corrected chi connectivity index (χ2v) is 10.9. The molecular weight excluding hydrogens is 392 g/mol. The zero-order valence-electron chi connectivity index (χ0n) is 15.6. The maximum absolute atomic E-state index is 6.22. The van der Waals surface area contributed by atoms with Gasteiger partial charge in [-0.1, -0.05) is 48.6 Å². The Hall–Kier alpha value is -2.36. The minimum Gasteiger partial charge on any atom is -0.497 e. The minimum atomic E-state index is 0.312. The van der Waals surface area contributed by atoms with Gasteiger partial charge in [-0.25, -0.2) is 0 Å². The highest BCUT2D eigenvalue weighted by Gasteiger charge is 2.58. The Bertz CT molecular complexity index is 1430. The lowest BCUT2D eigenvalue weighted by atomic mass is 9.53. The van der Waals surface area contributed by atoms with Crippen LogP contribution in [-0.2, 0) is 4.74 Å². The largest absolute Gasteiger partial charge is 0.497 e. The van der Waals surface area contributed by atoms with Crippen LogP contribution in [0.1, 0.15) is 22.3 Å². The number of hydrogen-bond acceptors (Lipinski definition) is 3. The van der Waals surface area contributed by atoms with E-state index in [2.05, 4.69) is 78.1 Å². The van der Waals surface area contributed by atoms with Crippen molar-refractivity contribution in [1.29, 1.82) is 0 Å². The molecule has 1 fully saturated rings. The van der Waals surface area contributed by atoms with Crippen molar-refractivity contribution in [2.45, 2.75) is 17.9 Å². The molecule has 0 saturated heterocycles. The Kier molecular flexibility index (Phi) is 2.78. The van der Waals surface area contributed by atoms with Gasteiger partial charge in [0, 0.05) is 32.7 Å². The van der Waals surface area contributed by atoms with Crippen molar-refractivity contribution < 1.29 is 4.74 Å². The highest BCUT2D eigenvalue weighted by atomic mass is 32.1. The van der Waals surface area contributed by atoms with Gasteiger partial charge in [-0.15, -0.1) is 22.7 Å². The smallest absolute Gasteiger partial charge is 0.112 e. The third kappa shape index (κ3) is 1.78. The molecule has 0 spiro atoms. The summed E-state index contributed by atoms with van der Waals surface area (Å²) in [5.74, 6) is 2.75. The Morgan fingerprint density at radius 3 is 2.41 bits per heavy atom. The van der Waals surface area contributed by atoms with E-state index in [9.17, 15) is 0 Å². The molecule has 2 aromatic heterocycles. The van der Waals surface area contributed by atoms with E-state index in [1.54, 1.807) is 10.4 Å². The van der Waals surface area contributed by atoms with Crippen molar-refractivity contribution in [2.24, 2.45) is 17.8 Å². The lowest BCUT2D eigenvalue weighted by Gasteiger charge is -2.52. The maximum atomic E-state index is 6.22. The van der Waals surface area contributed by atoms with Gasteiger partial charge >= 0.3 is 0 Å². The molecular formula is C26H18OS2. The predicted octanol–water partition coefficient (Wildman–Crippen LogP) is 7.35. The van der Waals surface area contributed by atoms with Gasteiger partial charge in [0.15, 0.2) is 0 Å². The summed E-state index contributed by atoms with van der Waals surface area (Å²) in [6, 6.07) is 13.6. The van der Waals surface area contributed by atoms with Gasteiger partial charge < -0.3 is 4.74 Å². The summed E-state index contributed by atoms with van der Waals surface area (Å²) in [5.41, 5.74) is 1.62. The summed E-state index contributed by atoms with van der Waals surface area (Å²) in [5, 5.41) is 4.13. The lowest BCUT2D eigenvalue weighted by Crippen LogP contribution is -2.49. The number of allylic oxidation sites excluding steroid dienone is 4. The summed E-state index contributed by atoms with van der Waals surface area (Å²) >= 11 is 4.08. The molecule has 140 valence electrons. The fourth-order valence-corrected chi connectivity index (χ4v) is 9.61. The van der Waals surface area contributed by atoms with E-state index in [0.717, 1.165) is 0 Å². The van der Waals surface area contributed by atoms with Crippen LogP contribution in [0, 0.1) is 17.8 Å². The standard InChI is InChI=1S/C26H18OS2/c1-2-6-14-12-19-18(11-13(14)5-1)24-26(28-19)22-21-16-8-4-3-7-15(16)20(25(22)29-24)17-9-10-27-23(17)21/h1-12,15-17,20-21,23H/t15?,16?,17?,20?,21-,23?/m0/s1. The molecule has 29 heavy (non-hydrogen) atoms. The van der Waals surface area contributed by atoms with Crippen molar-refractivity contribution in [2.75, 3.05) is 0 Å². The van der Waals surface area contributed by atoms with Crippen LogP contribution in [0.15, 0.2) is 73.0 Å². The third-order valence-corrected chi connectivity index (χ3v) is 10.3. The molecule has 2 aromatic carbocycles. The zero-order chi connectivity index (χ0) is 18.7. The number of rotatable bonds is 0. The summed E-state index contributed by atoms with van der Waals surface area (Å²) in [6.45, 7) is 0. The fourth-order valence-electron chi connectivity index (χ4n) is 6.50. The first kappa shape index (κ1) is 15.5. The number of hydrogen-bond donors (Lipinski definition) is 0. The molecule has 1 aliphatic heterocycles. The van der Waals surface area contributed by atoms with Crippen molar-refractivity contribution in [1.82, 2.24) is 0 Å². The highest BCUT2D eigenvalue weighted by Crippen LogP contribution is 2.66. The average Bonchev–Trinajstić information content (AvgIpc) is 3.46. The number of ether oxygens (including phenoxy) is 1. The van der Waals surface area contributed by atoms with Gasteiger partial charge in [0.1, 0.15) is 6.10 Å². The summed E-state index contributed by atoms with van der Waals surface area (Å²) in [4.78, 5) is 1.64. The second kappa shape index (κ2) is 5.21. The van der Waals surface area contributed by atoms with Gasteiger partial charge in [-0.2, -0.15) is 0 Å². The van der Waals surface area contributed by atoms with Crippen LogP contribution >= 0.6 is 22.7 Å². The predicted molar refractivity (Wildman–Crippen MR) is 123 cm³/mol. The molecule has 9 rings (SSSR count). The molecule has 4 aromatic rings. The van der Waals surface area contributed by atoms with Gasteiger partial charge in [0.25, 0.3) is 0 Å². The SMILES string of the molecule is C1=CC2C3c4sc5c(sc6cc7ccccc7cc65)c4[C@H](C2C=C1)C1OC=CC31. The topological polar surface area (TPSA) is 9.23 Å². The highest BCUT2D eigenvalue weighted by molar-refractivity contribution is 7.33. The molecule has 1 saturated carbocycles. The monoisotopic (exact) mass is 410 g/mol. The molecule has 1 nitrogen and oxygen atoms in total.